The number of nitrogens with one attached hydrogen (secondary N) is 2. The standard InChI is InChI=1S/C21H24N4/c1-2-17-14-25(10-1)11-8-20(17)24-18-5-6-19(23-13-18)16-4-3-15-7-9-22-21(15)12-16/h3-7,9,12-13,17,20,22,24H,1-2,8,10-11,14H2. The molecule has 0 amide bonds. The highest BCUT2D eigenvalue weighted by atomic mass is 15.2. The molecule has 0 saturated carbocycles. The summed E-state index contributed by atoms with van der Waals surface area (Å²) in [6.07, 6.45) is 7.92. The Morgan fingerprint density at radius 3 is 3.00 bits per heavy atom. The number of fused-ring (bicyclic) bond motifs is 3. The van der Waals surface area contributed by atoms with Crippen molar-refractivity contribution in [2.45, 2.75) is 25.3 Å². The van der Waals surface area contributed by atoms with Crippen LogP contribution in [0.5, 0.6) is 0 Å². The van der Waals surface area contributed by atoms with E-state index in [9.17, 15) is 0 Å². The number of nitrogens with zero attached hydrogens (tertiary/aromatic N) is 2. The van der Waals surface area contributed by atoms with Gasteiger partial charge in [-0.25, -0.2) is 0 Å². The molecule has 3 aromatic rings. The Hall–Kier alpha value is -2.33. The largest absolute Gasteiger partial charge is 0.381 e. The lowest BCUT2D eigenvalue weighted by Crippen LogP contribution is -2.49. The zero-order chi connectivity index (χ0) is 16.6. The van der Waals surface area contributed by atoms with Gasteiger partial charge >= 0.3 is 0 Å². The molecular weight excluding hydrogens is 308 g/mol. The highest BCUT2D eigenvalue weighted by Gasteiger charge is 2.31. The second-order valence-electron chi connectivity index (χ2n) is 7.45. The molecule has 25 heavy (non-hydrogen) atoms. The van der Waals surface area contributed by atoms with Gasteiger partial charge in [0.05, 0.1) is 17.6 Å². The first kappa shape index (κ1) is 15.0. The first-order valence-electron chi connectivity index (χ1n) is 9.38. The molecule has 0 aliphatic carbocycles. The third kappa shape index (κ3) is 2.91. The molecule has 4 nitrogen and oxygen atoms in total. The Labute approximate surface area is 148 Å². The summed E-state index contributed by atoms with van der Waals surface area (Å²) in [5, 5.41) is 4.98. The maximum absolute atomic E-state index is 4.70. The molecule has 0 radical (unpaired) electrons. The molecule has 4 heteroatoms. The highest BCUT2D eigenvalue weighted by molar-refractivity contribution is 5.84. The van der Waals surface area contributed by atoms with Gasteiger partial charge in [-0.15, -0.1) is 0 Å². The molecule has 3 unspecified atom stereocenters. The van der Waals surface area contributed by atoms with Crippen LogP contribution in [-0.4, -0.2) is 40.5 Å². The molecule has 2 N–H and O–H groups in total. The van der Waals surface area contributed by atoms with Gasteiger partial charge < -0.3 is 15.2 Å². The molecule has 3 atom stereocenters. The number of piperidine rings is 2. The Morgan fingerprint density at radius 2 is 2.08 bits per heavy atom. The van der Waals surface area contributed by atoms with Crippen LogP contribution in [0.3, 0.4) is 0 Å². The van der Waals surface area contributed by atoms with Crippen LogP contribution in [0.15, 0.2) is 48.8 Å². The van der Waals surface area contributed by atoms with E-state index < -0.39 is 0 Å². The summed E-state index contributed by atoms with van der Waals surface area (Å²) in [5.41, 5.74) is 4.48. The maximum atomic E-state index is 4.70. The number of benzene rings is 1. The number of aromatic nitrogens is 2. The van der Waals surface area contributed by atoms with Crippen molar-refractivity contribution < 1.29 is 0 Å². The quantitative estimate of drug-likeness (QED) is 0.758. The van der Waals surface area contributed by atoms with Crippen LogP contribution in [0.1, 0.15) is 19.3 Å². The summed E-state index contributed by atoms with van der Waals surface area (Å²) in [6.45, 7) is 3.79. The lowest BCUT2D eigenvalue weighted by molar-refractivity contribution is 0.113. The van der Waals surface area contributed by atoms with E-state index in [0.29, 0.717) is 6.04 Å². The Bertz CT molecular complexity index is 867. The van der Waals surface area contributed by atoms with Gasteiger partial charge in [-0.3, -0.25) is 4.98 Å². The van der Waals surface area contributed by atoms with Gasteiger partial charge in [-0.2, -0.15) is 0 Å². The van der Waals surface area contributed by atoms with Gasteiger partial charge in [0.15, 0.2) is 0 Å². The van der Waals surface area contributed by atoms with Gasteiger partial charge in [0.25, 0.3) is 0 Å². The average molecular weight is 332 g/mol. The van der Waals surface area contributed by atoms with Gasteiger partial charge in [-0.05, 0) is 61.4 Å². The van der Waals surface area contributed by atoms with E-state index in [2.05, 4.69) is 51.6 Å². The number of anilines is 1. The summed E-state index contributed by atoms with van der Waals surface area (Å²) < 4.78 is 0. The fourth-order valence-corrected chi connectivity index (χ4v) is 4.44. The number of hydrogen-bond acceptors (Lipinski definition) is 3. The smallest absolute Gasteiger partial charge is 0.0704 e. The first-order chi connectivity index (χ1) is 12.3. The fourth-order valence-electron chi connectivity index (χ4n) is 4.44. The van der Waals surface area contributed by atoms with Crippen molar-refractivity contribution in [1.29, 1.82) is 0 Å². The van der Waals surface area contributed by atoms with Gasteiger partial charge in [-0.1, -0.05) is 12.1 Å². The van der Waals surface area contributed by atoms with Crippen LogP contribution >= 0.6 is 0 Å². The number of aromatic amines is 1. The molecule has 0 spiro atoms. The Balaban J connectivity index is 1.32. The number of H-pyrrole nitrogens is 1. The number of pyridine rings is 1. The highest BCUT2D eigenvalue weighted by Crippen LogP contribution is 2.29. The van der Waals surface area contributed by atoms with Crippen molar-refractivity contribution in [2.75, 3.05) is 25.0 Å². The van der Waals surface area contributed by atoms with E-state index in [4.69, 9.17) is 4.98 Å². The SMILES string of the molecule is c1cc2ccc(-c3ccc(NC4CCN5CCCC4C5)cn3)cc2[nH]1. The molecule has 2 saturated heterocycles. The van der Waals surface area contributed by atoms with E-state index in [-0.39, 0.29) is 0 Å². The Kier molecular flexibility index (Phi) is 3.71. The molecule has 5 rings (SSSR count). The lowest BCUT2D eigenvalue weighted by Gasteiger charge is -2.43. The molecule has 2 fully saturated rings. The second kappa shape index (κ2) is 6.19. The molecule has 4 heterocycles. The monoisotopic (exact) mass is 332 g/mol. The van der Waals surface area contributed by atoms with Crippen LogP contribution in [0, 0.1) is 5.92 Å². The summed E-state index contributed by atoms with van der Waals surface area (Å²) in [7, 11) is 0. The van der Waals surface area contributed by atoms with Gasteiger partial charge in [0, 0.05) is 36.4 Å². The topological polar surface area (TPSA) is 44.0 Å². The van der Waals surface area contributed by atoms with Gasteiger partial charge in [0.2, 0.25) is 0 Å². The van der Waals surface area contributed by atoms with Crippen molar-refractivity contribution in [3.63, 3.8) is 0 Å². The number of hydrogen-bond donors (Lipinski definition) is 2. The molecule has 2 aliphatic rings. The third-order valence-corrected chi connectivity index (χ3v) is 5.83. The normalized spacial score (nSPS) is 25.8. The fraction of sp³-hybridized carbons (Fsp3) is 0.381. The predicted molar refractivity (Wildman–Crippen MR) is 103 cm³/mol. The summed E-state index contributed by atoms with van der Waals surface area (Å²) in [6, 6.07) is 13.5. The van der Waals surface area contributed by atoms with Crippen molar-refractivity contribution in [3.8, 4) is 11.3 Å². The lowest BCUT2D eigenvalue weighted by atomic mass is 9.85. The van der Waals surface area contributed by atoms with E-state index in [1.165, 1.54) is 44.3 Å². The van der Waals surface area contributed by atoms with E-state index in [0.717, 1.165) is 28.4 Å². The molecule has 2 aromatic heterocycles. The minimum Gasteiger partial charge on any atom is -0.381 e. The van der Waals surface area contributed by atoms with Crippen molar-refractivity contribution in [2.24, 2.45) is 5.92 Å². The van der Waals surface area contributed by atoms with Crippen LogP contribution in [0.25, 0.3) is 22.2 Å². The third-order valence-electron chi connectivity index (χ3n) is 5.83. The van der Waals surface area contributed by atoms with Crippen LogP contribution in [-0.2, 0) is 0 Å². The summed E-state index contributed by atoms with van der Waals surface area (Å²) in [4.78, 5) is 10.6. The van der Waals surface area contributed by atoms with Crippen LogP contribution in [0.4, 0.5) is 5.69 Å². The summed E-state index contributed by atoms with van der Waals surface area (Å²) in [5.74, 6) is 0.789. The molecule has 128 valence electrons. The molecular formula is C21H24N4. The minimum absolute atomic E-state index is 0.597. The number of rotatable bonds is 3. The molecule has 2 aliphatic heterocycles. The van der Waals surface area contributed by atoms with Crippen molar-refractivity contribution in [3.05, 3.63) is 48.8 Å². The van der Waals surface area contributed by atoms with E-state index >= 15 is 0 Å². The van der Waals surface area contributed by atoms with Crippen molar-refractivity contribution >= 4 is 16.6 Å². The van der Waals surface area contributed by atoms with Gasteiger partial charge in [0.1, 0.15) is 0 Å². The van der Waals surface area contributed by atoms with Crippen LogP contribution < -0.4 is 5.32 Å². The van der Waals surface area contributed by atoms with E-state index in [1.54, 1.807) is 0 Å². The van der Waals surface area contributed by atoms with E-state index in [1.807, 2.05) is 12.4 Å². The first-order valence-corrected chi connectivity index (χ1v) is 9.38. The average Bonchev–Trinajstić information content (AvgIpc) is 3.13. The molecule has 1 aromatic carbocycles. The zero-order valence-corrected chi connectivity index (χ0v) is 14.4. The zero-order valence-electron chi connectivity index (χ0n) is 14.4. The predicted octanol–water partition coefficient (Wildman–Crippen LogP) is 4.13. The van der Waals surface area contributed by atoms with Crippen molar-refractivity contribution in [1.82, 2.24) is 14.9 Å². The minimum atomic E-state index is 0.597. The van der Waals surface area contributed by atoms with Crippen LogP contribution in [0.2, 0.25) is 0 Å². The molecule has 2 bridgehead atoms. The second-order valence-corrected chi connectivity index (χ2v) is 7.45. The summed E-state index contributed by atoms with van der Waals surface area (Å²) >= 11 is 0. The Morgan fingerprint density at radius 1 is 1.08 bits per heavy atom. The maximum Gasteiger partial charge on any atom is 0.0704 e.